The van der Waals surface area contributed by atoms with E-state index in [4.69, 9.17) is 0 Å². The summed E-state index contributed by atoms with van der Waals surface area (Å²) in [7, 11) is 1.50. The van der Waals surface area contributed by atoms with E-state index in [0.29, 0.717) is 0 Å². The lowest BCUT2D eigenvalue weighted by molar-refractivity contribution is 0.215. The van der Waals surface area contributed by atoms with Gasteiger partial charge in [0.2, 0.25) is 0 Å². The SMILES string of the molecule is CON=Cc1cncc(C#Cc2ccccc2)c1. The highest BCUT2D eigenvalue weighted by molar-refractivity contribution is 5.79. The summed E-state index contributed by atoms with van der Waals surface area (Å²) < 4.78 is 0. The molecule has 0 saturated heterocycles. The van der Waals surface area contributed by atoms with Crippen LogP contribution >= 0.6 is 0 Å². The molecule has 3 heteroatoms. The van der Waals surface area contributed by atoms with Crippen LogP contribution in [0.4, 0.5) is 0 Å². The number of benzene rings is 1. The summed E-state index contributed by atoms with van der Waals surface area (Å²) in [5.41, 5.74) is 2.68. The molecule has 0 atom stereocenters. The quantitative estimate of drug-likeness (QED) is 0.456. The van der Waals surface area contributed by atoms with Gasteiger partial charge in [0, 0.05) is 29.1 Å². The van der Waals surface area contributed by atoms with Crippen LogP contribution < -0.4 is 0 Å². The average Bonchev–Trinajstić information content (AvgIpc) is 2.44. The Hall–Kier alpha value is -2.60. The second-order valence-corrected chi connectivity index (χ2v) is 3.54. The first-order chi connectivity index (χ1) is 8.88. The minimum absolute atomic E-state index is 0.846. The summed E-state index contributed by atoms with van der Waals surface area (Å²) in [6, 6.07) is 11.7. The predicted molar refractivity (Wildman–Crippen MR) is 71.3 cm³/mol. The lowest BCUT2D eigenvalue weighted by atomic mass is 10.2. The monoisotopic (exact) mass is 236 g/mol. The molecule has 0 aliphatic heterocycles. The topological polar surface area (TPSA) is 34.5 Å². The Morgan fingerprint density at radius 2 is 1.89 bits per heavy atom. The van der Waals surface area contributed by atoms with Crippen LogP contribution in [-0.2, 0) is 4.84 Å². The third kappa shape index (κ3) is 3.46. The number of nitrogens with zero attached hydrogens (tertiary/aromatic N) is 2. The molecule has 0 bridgehead atoms. The minimum atomic E-state index is 0.846. The number of hydrogen-bond donors (Lipinski definition) is 0. The standard InChI is InChI=1S/C15H12N2O/c1-18-17-12-15-9-14(10-16-11-15)8-7-13-5-3-2-4-6-13/h2-6,9-12H,1H3. The van der Waals surface area contributed by atoms with Crippen LogP contribution in [0.15, 0.2) is 53.9 Å². The Morgan fingerprint density at radius 3 is 2.67 bits per heavy atom. The van der Waals surface area contributed by atoms with Crippen molar-refractivity contribution in [1.29, 1.82) is 0 Å². The average molecular weight is 236 g/mol. The molecular weight excluding hydrogens is 224 g/mol. The zero-order valence-electron chi connectivity index (χ0n) is 10.00. The number of pyridine rings is 1. The van der Waals surface area contributed by atoms with Gasteiger partial charge in [0.05, 0.1) is 6.21 Å². The van der Waals surface area contributed by atoms with Crippen molar-refractivity contribution >= 4 is 6.21 Å². The molecule has 0 aliphatic rings. The predicted octanol–water partition coefficient (Wildman–Crippen LogP) is 2.46. The molecule has 0 N–H and O–H groups in total. The molecule has 0 saturated carbocycles. The van der Waals surface area contributed by atoms with Gasteiger partial charge in [0.1, 0.15) is 7.11 Å². The number of rotatable bonds is 2. The zero-order chi connectivity index (χ0) is 12.6. The maximum absolute atomic E-state index is 4.62. The van der Waals surface area contributed by atoms with E-state index in [0.717, 1.165) is 16.7 Å². The van der Waals surface area contributed by atoms with Gasteiger partial charge in [-0.15, -0.1) is 0 Å². The highest BCUT2D eigenvalue weighted by Crippen LogP contribution is 2.01. The fraction of sp³-hybridized carbons (Fsp3) is 0.0667. The van der Waals surface area contributed by atoms with Crippen molar-refractivity contribution in [2.45, 2.75) is 0 Å². The fourth-order valence-electron chi connectivity index (χ4n) is 1.38. The second-order valence-electron chi connectivity index (χ2n) is 3.54. The van der Waals surface area contributed by atoms with Crippen molar-refractivity contribution in [2.24, 2.45) is 5.16 Å². The van der Waals surface area contributed by atoms with E-state index in [1.165, 1.54) is 7.11 Å². The minimum Gasteiger partial charge on any atom is -0.399 e. The van der Waals surface area contributed by atoms with Crippen LogP contribution in [0.3, 0.4) is 0 Å². The summed E-state index contributed by atoms with van der Waals surface area (Å²) in [5.74, 6) is 6.14. The lowest BCUT2D eigenvalue weighted by Gasteiger charge is -1.93. The summed E-state index contributed by atoms with van der Waals surface area (Å²) in [4.78, 5) is 8.72. The zero-order valence-corrected chi connectivity index (χ0v) is 10.00. The molecule has 1 aromatic carbocycles. The Kier molecular flexibility index (Phi) is 4.10. The Morgan fingerprint density at radius 1 is 1.11 bits per heavy atom. The van der Waals surface area contributed by atoms with Crippen molar-refractivity contribution in [1.82, 2.24) is 4.98 Å². The van der Waals surface area contributed by atoms with Gasteiger partial charge in [0.15, 0.2) is 0 Å². The van der Waals surface area contributed by atoms with Gasteiger partial charge in [0.25, 0.3) is 0 Å². The van der Waals surface area contributed by atoms with Crippen LogP contribution in [-0.4, -0.2) is 18.3 Å². The van der Waals surface area contributed by atoms with Gasteiger partial charge in [-0.25, -0.2) is 0 Å². The number of aromatic nitrogens is 1. The van der Waals surface area contributed by atoms with Crippen LogP contribution in [0.25, 0.3) is 0 Å². The van der Waals surface area contributed by atoms with E-state index in [1.54, 1.807) is 18.6 Å². The van der Waals surface area contributed by atoms with E-state index >= 15 is 0 Å². The van der Waals surface area contributed by atoms with E-state index in [1.807, 2.05) is 36.4 Å². The molecule has 3 nitrogen and oxygen atoms in total. The molecule has 2 aromatic rings. The van der Waals surface area contributed by atoms with E-state index in [2.05, 4.69) is 26.8 Å². The molecule has 88 valence electrons. The normalized spacial score (nSPS) is 9.83. The summed E-state index contributed by atoms with van der Waals surface area (Å²) in [5, 5.41) is 3.69. The summed E-state index contributed by atoms with van der Waals surface area (Å²) in [6.07, 6.45) is 5.02. The van der Waals surface area contributed by atoms with Gasteiger partial charge < -0.3 is 4.84 Å². The molecule has 0 unspecified atom stereocenters. The number of oxime groups is 1. The van der Waals surface area contributed by atoms with Crippen molar-refractivity contribution in [3.05, 3.63) is 65.5 Å². The van der Waals surface area contributed by atoms with Crippen molar-refractivity contribution in [3.63, 3.8) is 0 Å². The molecule has 0 fully saturated rings. The molecule has 18 heavy (non-hydrogen) atoms. The number of hydrogen-bond acceptors (Lipinski definition) is 3. The van der Waals surface area contributed by atoms with Crippen molar-refractivity contribution < 1.29 is 4.84 Å². The van der Waals surface area contributed by atoms with Gasteiger partial charge in [-0.05, 0) is 18.2 Å². The van der Waals surface area contributed by atoms with Gasteiger partial charge in [-0.1, -0.05) is 35.2 Å². The summed E-state index contributed by atoms with van der Waals surface area (Å²) in [6.45, 7) is 0. The first kappa shape index (κ1) is 11.9. The molecule has 1 aromatic heterocycles. The largest absolute Gasteiger partial charge is 0.399 e. The third-order valence-electron chi connectivity index (χ3n) is 2.19. The van der Waals surface area contributed by atoms with Gasteiger partial charge >= 0.3 is 0 Å². The Bertz CT molecular complexity index is 595. The maximum Gasteiger partial charge on any atom is 0.106 e. The second kappa shape index (κ2) is 6.21. The highest BCUT2D eigenvalue weighted by atomic mass is 16.6. The lowest BCUT2D eigenvalue weighted by Crippen LogP contribution is -1.86. The Balaban J connectivity index is 2.20. The molecular formula is C15H12N2O. The van der Waals surface area contributed by atoms with E-state index in [-0.39, 0.29) is 0 Å². The first-order valence-electron chi connectivity index (χ1n) is 5.47. The highest BCUT2D eigenvalue weighted by Gasteiger charge is 1.91. The van der Waals surface area contributed by atoms with Gasteiger partial charge in [-0.2, -0.15) is 0 Å². The summed E-state index contributed by atoms with van der Waals surface area (Å²) >= 11 is 0. The van der Waals surface area contributed by atoms with Gasteiger partial charge in [-0.3, -0.25) is 4.98 Å². The smallest absolute Gasteiger partial charge is 0.106 e. The van der Waals surface area contributed by atoms with Crippen molar-refractivity contribution in [3.8, 4) is 11.8 Å². The third-order valence-corrected chi connectivity index (χ3v) is 2.19. The molecule has 2 rings (SSSR count). The molecule has 0 aliphatic carbocycles. The van der Waals surface area contributed by atoms with Crippen LogP contribution in [0.2, 0.25) is 0 Å². The molecule has 0 spiro atoms. The fourth-order valence-corrected chi connectivity index (χ4v) is 1.38. The van der Waals surface area contributed by atoms with E-state index < -0.39 is 0 Å². The first-order valence-corrected chi connectivity index (χ1v) is 5.47. The molecule has 0 radical (unpaired) electrons. The van der Waals surface area contributed by atoms with E-state index in [9.17, 15) is 0 Å². The maximum atomic E-state index is 4.62. The van der Waals surface area contributed by atoms with Crippen LogP contribution in [0.5, 0.6) is 0 Å². The Labute approximate surface area is 106 Å². The van der Waals surface area contributed by atoms with Crippen LogP contribution in [0.1, 0.15) is 16.7 Å². The van der Waals surface area contributed by atoms with Crippen molar-refractivity contribution in [2.75, 3.05) is 7.11 Å². The van der Waals surface area contributed by atoms with Crippen LogP contribution in [0, 0.1) is 11.8 Å². The molecule has 0 amide bonds. The molecule has 1 heterocycles.